The van der Waals surface area contributed by atoms with Gasteiger partial charge >= 0.3 is 102 Å². The quantitative estimate of drug-likeness (QED) is 0.552. The summed E-state index contributed by atoms with van der Waals surface area (Å²) in [6.07, 6.45) is 0. The van der Waals surface area contributed by atoms with Crippen molar-refractivity contribution in [3.63, 3.8) is 0 Å². The van der Waals surface area contributed by atoms with Gasteiger partial charge in [-0.2, -0.15) is 0 Å². The molecule has 0 radical (unpaired) electrons. The monoisotopic (exact) mass is 232 g/mol. The zero-order chi connectivity index (χ0) is 12.6. The summed E-state index contributed by atoms with van der Waals surface area (Å²) in [5, 5.41) is 0. The normalized spacial score (nSPS) is 12.3. The average molecular weight is 232 g/mol. The average Bonchev–Trinajstić information content (AvgIpc) is 2.13. The Bertz CT molecular complexity index is 390. The van der Waals surface area contributed by atoms with E-state index in [-0.39, 0.29) is 10.8 Å². The zero-order valence-corrected chi connectivity index (χ0v) is 12.1. The summed E-state index contributed by atoms with van der Waals surface area (Å²) in [7, 11) is 4.26. The maximum absolute atomic E-state index is 4.26. The van der Waals surface area contributed by atoms with E-state index in [0.717, 1.165) is 5.56 Å². The van der Waals surface area contributed by atoms with Crippen LogP contribution in [0.1, 0.15) is 58.2 Å². The van der Waals surface area contributed by atoms with E-state index >= 15 is 0 Å². The predicted molar refractivity (Wildman–Crippen MR) is 73.8 cm³/mol. The Morgan fingerprint density at radius 1 is 0.875 bits per heavy atom. The second kappa shape index (κ2) is 4.36. The van der Waals surface area contributed by atoms with E-state index in [2.05, 4.69) is 74.1 Å². The van der Waals surface area contributed by atoms with Crippen molar-refractivity contribution in [3.05, 3.63) is 34.9 Å². The van der Waals surface area contributed by atoms with Crippen LogP contribution >= 0.6 is 8.70 Å². The van der Waals surface area contributed by atoms with Crippen molar-refractivity contribution in [3.8, 4) is 5.63 Å². The van der Waals surface area contributed by atoms with Crippen LogP contribution in [-0.2, 0) is 10.8 Å². The first-order chi connectivity index (χ1) is 7.18. The van der Waals surface area contributed by atoms with E-state index in [1.807, 2.05) is 0 Å². The molecule has 0 spiro atoms. The Balaban J connectivity index is 3.53. The SMILES string of the molecule is CC(C)(C)c1cccc(C(C)(C)C)c1C#P. The molecule has 86 valence electrons. The molecule has 16 heavy (non-hydrogen) atoms. The molecule has 0 unspecified atom stereocenters. The first-order valence-electron chi connectivity index (χ1n) is 5.72. The van der Waals surface area contributed by atoms with Gasteiger partial charge in [0, 0.05) is 0 Å². The molecule has 0 heterocycles. The van der Waals surface area contributed by atoms with Crippen LogP contribution in [0.4, 0.5) is 0 Å². The Kier molecular flexibility index (Phi) is 3.68. The van der Waals surface area contributed by atoms with Crippen LogP contribution in [0.5, 0.6) is 0 Å². The Morgan fingerprint density at radius 2 is 1.25 bits per heavy atom. The van der Waals surface area contributed by atoms with Gasteiger partial charge in [-0.15, -0.1) is 0 Å². The second-order valence-corrected chi connectivity index (χ2v) is 6.56. The number of rotatable bonds is 0. The third-order valence-corrected chi connectivity index (χ3v) is 3.02. The van der Waals surface area contributed by atoms with Crippen molar-refractivity contribution in [2.24, 2.45) is 0 Å². The van der Waals surface area contributed by atoms with Crippen molar-refractivity contribution in [1.29, 1.82) is 0 Å². The molecule has 0 aliphatic rings. The third kappa shape index (κ3) is 2.76. The molecular formula is C15H21P. The summed E-state index contributed by atoms with van der Waals surface area (Å²) in [4.78, 5) is 0. The van der Waals surface area contributed by atoms with Crippen LogP contribution in [0.25, 0.3) is 0 Å². The zero-order valence-electron chi connectivity index (χ0n) is 11.2. The molecule has 0 bridgehead atoms. The molecule has 1 aromatic carbocycles. The van der Waals surface area contributed by atoms with Crippen LogP contribution in [0.2, 0.25) is 0 Å². The first kappa shape index (κ1) is 13.5. The van der Waals surface area contributed by atoms with E-state index < -0.39 is 0 Å². The molecule has 0 atom stereocenters. The number of hydrogen-bond acceptors (Lipinski definition) is 0. The van der Waals surface area contributed by atoms with E-state index in [9.17, 15) is 0 Å². The summed E-state index contributed by atoms with van der Waals surface area (Å²) in [5.74, 6) is 0. The minimum absolute atomic E-state index is 0.131. The molecule has 0 aromatic heterocycles. The van der Waals surface area contributed by atoms with Gasteiger partial charge in [-0.3, -0.25) is 0 Å². The van der Waals surface area contributed by atoms with Gasteiger partial charge in [-0.05, 0) is 0 Å². The fourth-order valence-corrected chi connectivity index (χ4v) is 2.16. The van der Waals surface area contributed by atoms with Crippen molar-refractivity contribution in [2.45, 2.75) is 52.4 Å². The van der Waals surface area contributed by atoms with E-state index in [1.165, 1.54) is 11.1 Å². The van der Waals surface area contributed by atoms with E-state index in [1.54, 1.807) is 0 Å². The van der Waals surface area contributed by atoms with Gasteiger partial charge in [-0.25, -0.2) is 0 Å². The molecule has 0 saturated carbocycles. The summed E-state index contributed by atoms with van der Waals surface area (Å²) < 4.78 is 0. The van der Waals surface area contributed by atoms with E-state index in [4.69, 9.17) is 0 Å². The summed E-state index contributed by atoms with van der Waals surface area (Å²) in [6, 6.07) is 6.48. The Labute approximate surface area is 102 Å². The molecule has 0 N–H and O–H groups in total. The summed E-state index contributed by atoms with van der Waals surface area (Å²) in [6.45, 7) is 13.4. The fourth-order valence-electron chi connectivity index (χ4n) is 1.92. The van der Waals surface area contributed by atoms with Gasteiger partial charge in [0.15, 0.2) is 0 Å². The minimum atomic E-state index is 0.131. The molecule has 0 aliphatic carbocycles. The van der Waals surface area contributed by atoms with Crippen LogP contribution < -0.4 is 0 Å². The molecule has 0 fully saturated rings. The summed E-state index contributed by atoms with van der Waals surface area (Å²) in [5.41, 5.74) is 7.12. The van der Waals surface area contributed by atoms with Gasteiger partial charge in [0.1, 0.15) is 0 Å². The third-order valence-electron chi connectivity index (χ3n) is 2.79. The van der Waals surface area contributed by atoms with Crippen LogP contribution in [0, 0.1) is 5.63 Å². The van der Waals surface area contributed by atoms with Crippen LogP contribution in [-0.4, -0.2) is 0 Å². The second-order valence-electron chi connectivity index (χ2n) is 6.34. The molecule has 0 saturated heterocycles. The van der Waals surface area contributed by atoms with Crippen LogP contribution in [0.15, 0.2) is 18.2 Å². The summed E-state index contributed by atoms with van der Waals surface area (Å²) >= 11 is 0. The van der Waals surface area contributed by atoms with Gasteiger partial charge < -0.3 is 0 Å². The van der Waals surface area contributed by atoms with Crippen molar-refractivity contribution in [2.75, 3.05) is 0 Å². The first-order valence-corrected chi connectivity index (χ1v) is 6.16. The van der Waals surface area contributed by atoms with Gasteiger partial charge in [0.05, 0.1) is 0 Å². The number of hydrogen-bond donors (Lipinski definition) is 0. The molecule has 1 aromatic rings. The van der Waals surface area contributed by atoms with Crippen molar-refractivity contribution < 1.29 is 0 Å². The molecule has 0 aliphatic heterocycles. The van der Waals surface area contributed by atoms with Gasteiger partial charge in [0.25, 0.3) is 0 Å². The van der Waals surface area contributed by atoms with E-state index in [0.29, 0.717) is 0 Å². The Hall–Kier alpha value is -0.570. The standard InChI is InChI=1S/C15H21P/c1-14(2,3)12-8-7-9-13(11(12)10-16)15(4,5)6/h7-9H,1-6H3. The van der Waals surface area contributed by atoms with Crippen molar-refractivity contribution in [1.82, 2.24) is 0 Å². The fraction of sp³-hybridized carbons (Fsp3) is 0.533. The molecule has 0 amide bonds. The van der Waals surface area contributed by atoms with Gasteiger partial charge in [0.2, 0.25) is 0 Å². The molecule has 0 nitrogen and oxygen atoms in total. The molecule has 1 rings (SSSR count). The van der Waals surface area contributed by atoms with Gasteiger partial charge in [-0.1, -0.05) is 0 Å². The number of benzene rings is 1. The van der Waals surface area contributed by atoms with Crippen LogP contribution in [0.3, 0.4) is 0 Å². The Morgan fingerprint density at radius 3 is 1.50 bits per heavy atom. The topological polar surface area (TPSA) is 0 Å². The predicted octanol–water partition coefficient (Wildman–Crippen LogP) is 5.00. The molecule has 1 heteroatoms. The molecular weight excluding hydrogens is 211 g/mol. The maximum atomic E-state index is 4.26. The van der Waals surface area contributed by atoms with Crippen molar-refractivity contribution >= 4 is 8.70 Å².